The van der Waals surface area contributed by atoms with Gasteiger partial charge in [0, 0.05) is 22.4 Å². The molecule has 0 saturated heterocycles. The van der Waals surface area contributed by atoms with Gasteiger partial charge in [-0.1, -0.05) is 206 Å². The summed E-state index contributed by atoms with van der Waals surface area (Å²) < 4.78 is 0. The fraction of sp³-hybridized carbons (Fsp3) is 0.0333. The van der Waals surface area contributed by atoms with E-state index in [9.17, 15) is 0 Å². The summed E-state index contributed by atoms with van der Waals surface area (Å²) in [7, 11) is 0. The first-order valence-corrected chi connectivity index (χ1v) is 21.2. The molecule has 10 aromatic carbocycles. The molecule has 0 radical (unpaired) electrons. The van der Waals surface area contributed by atoms with Crippen LogP contribution in [0.25, 0.3) is 66.4 Å². The number of hydrogen-bond acceptors (Lipinski definition) is 1. The molecule has 0 amide bonds. The number of fused-ring (bicyclic) bond motifs is 4. The molecule has 0 N–H and O–H groups in total. The van der Waals surface area contributed by atoms with Crippen molar-refractivity contribution in [1.29, 1.82) is 0 Å². The summed E-state index contributed by atoms with van der Waals surface area (Å²) >= 11 is 0. The van der Waals surface area contributed by atoms with Crippen LogP contribution < -0.4 is 4.90 Å². The van der Waals surface area contributed by atoms with Gasteiger partial charge >= 0.3 is 0 Å². The van der Waals surface area contributed by atoms with E-state index >= 15 is 0 Å². The van der Waals surface area contributed by atoms with Crippen LogP contribution in [0, 0.1) is 0 Å². The number of rotatable bonds is 8. The lowest BCUT2D eigenvalue weighted by molar-refractivity contribution is 0.714. The minimum absolute atomic E-state index is 0.314. The standard InChI is InChI=1S/C60H43N/c1-60(52-21-6-3-7-22-52)56-26-11-10-25-55(56)59-57(60)27-14-28-58(59)61(53-23-12-19-49(40-53)45-31-29-44(30-32-45)42-15-4-2-5-16-42)54-24-13-20-50(41-54)46-33-35-47(36-34-46)51-38-37-43-17-8-9-18-48(43)39-51/h2-41H,1H3. The van der Waals surface area contributed by atoms with Gasteiger partial charge in [-0.05, 0) is 121 Å². The highest BCUT2D eigenvalue weighted by molar-refractivity contribution is 5.97. The Balaban J connectivity index is 1.05. The third-order valence-electron chi connectivity index (χ3n) is 12.7. The van der Waals surface area contributed by atoms with Crippen molar-refractivity contribution >= 4 is 27.8 Å². The van der Waals surface area contributed by atoms with E-state index in [-0.39, 0.29) is 5.41 Å². The van der Waals surface area contributed by atoms with Gasteiger partial charge in [-0.2, -0.15) is 0 Å². The van der Waals surface area contributed by atoms with E-state index in [0.29, 0.717) is 0 Å². The maximum Gasteiger partial charge on any atom is 0.0543 e. The summed E-state index contributed by atoms with van der Waals surface area (Å²) in [4.78, 5) is 2.47. The molecule has 11 rings (SSSR count). The van der Waals surface area contributed by atoms with E-state index in [2.05, 4.69) is 254 Å². The van der Waals surface area contributed by atoms with Crippen LogP contribution in [0.15, 0.2) is 243 Å². The first-order chi connectivity index (χ1) is 30.1. The molecule has 0 bridgehead atoms. The van der Waals surface area contributed by atoms with Gasteiger partial charge in [0.15, 0.2) is 0 Å². The highest BCUT2D eigenvalue weighted by Gasteiger charge is 2.42. The fourth-order valence-corrected chi connectivity index (χ4v) is 9.58. The Bertz CT molecular complexity index is 3180. The van der Waals surface area contributed by atoms with Gasteiger partial charge in [-0.25, -0.2) is 0 Å². The van der Waals surface area contributed by atoms with Crippen molar-refractivity contribution in [3.63, 3.8) is 0 Å². The zero-order valence-corrected chi connectivity index (χ0v) is 34.0. The minimum atomic E-state index is -0.314. The second-order valence-electron chi connectivity index (χ2n) is 16.3. The lowest BCUT2D eigenvalue weighted by atomic mass is 9.74. The Kier molecular flexibility index (Phi) is 9.02. The van der Waals surface area contributed by atoms with Gasteiger partial charge in [-0.3, -0.25) is 0 Å². The van der Waals surface area contributed by atoms with Crippen molar-refractivity contribution in [1.82, 2.24) is 0 Å². The van der Waals surface area contributed by atoms with Gasteiger partial charge in [0.1, 0.15) is 0 Å². The van der Waals surface area contributed by atoms with E-state index in [1.807, 2.05) is 0 Å². The molecule has 1 aliphatic carbocycles. The zero-order chi connectivity index (χ0) is 40.8. The van der Waals surface area contributed by atoms with Crippen LogP contribution in [0.4, 0.5) is 17.1 Å². The van der Waals surface area contributed by atoms with Crippen molar-refractivity contribution in [2.75, 3.05) is 4.90 Å². The SMILES string of the molecule is CC1(c2ccccc2)c2ccccc2-c2c(N(c3cccc(-c4ccc(-c5ccccc5)cc4)c3)c3cccc(-c4ccc(-c5ccc6ccccc6c5)cc4)c3)cccc21. The Morgan fingerprint density at radius 3 is 1.39 bits per heavy atom. The molecule has 1 aliphatic rings. The maximum absolute atomic E-state index is 2.47. The molecule has 0 fully saturated rings. The van der Waals surface area contributed by atoms with Crippen LogP contribution in [0.5, 0.6) is 0 Å². The molecule has 1 nitrogen and oxygen atoms in total. The highest BCUT2D eigenvalue weighted by Crippen LogP contribution is 2.56. The molecule has 0 heterocycles. The molecule has 1 heteroatoms. The third kappa shape index (κ3) is 6.43. The Morgan fingerprint density at radius 2 is 0.754 bits per heavy atom. The van der Waals surface area contributed by atoms with Crippen molar-refractivity contribution in [3.8, 4) is 55.6 Å². The number of hydrogen-bond donors (Lipinski definition) is 0. The van der Waals surface area contributed by atoms with Crippen LogP contribution >= 0.6 is 0 Å². The summed E-state index contributed by atoms with van der Waals surface area (Å²) in [6.45, 7) is 2.39. The first-order valence-electron chi connectivity index (χ1n) is 21.2. The van der Waals surface area contributed by atoms with Gasteiger partial charge in [-0.15, -0.1) is 0 Å². The van der Waals surface area contributed by atoms with Gasteiger partial charge < -0.3 is 4.90 Å². The third-order valence-corrected chi connectivity index (χ3v) is 12.7. The molecule has 288 valence electrons. The molecule has 0 spiro atoms. The fourth-order valence-electron chi connectivity index (χ4n) is 9.58. The number of nitrogens with zero attached hydrogens (tertiary/aromatic N) is 1. The Hall–Kier alpha value is -7.74. The monoisotopic (exact) mass is 777 g/mol. The largest absolute Gasteiger partial charge is 0.310 e. The second kappa shape index (κ2) is 15.1. The molecule has 0 aliphatic heterocycles. The van der Waals surface area contributed by atoms with Crippen molar-refractivity contribution in [2.24, 2.45) is 0 Å². The lowest BCUT2D eigenvalue weighted by Gasteiger charge is -2.31. The van der Waals surface area contributed by atoms with E-state index < -0.39 is 0 Å². The van der Waals surface area contributed by atoms with Crippen LogP contribution in [0.3, 0.4) is 0 Å². The molecular formula is C60H43N. The van der Waals surface area contributed by atoms with Crippen molar-refractivity contribution < 1.29 is 0 Å². The predicted molar refractivity (Wildman–Crippen MR) is 258 cm³/mol. The summed E-state index contributed by atoms with van der Waals surface area (Å²) in [5, 5.41) is 2.51. The Labute approximate surface area is 358 Å². The lowest BCUT2D eigenvalue weighted by Crippen LogP contribution is -2.22. The van der Waals surface area contributed by atoms with Crippen LogP contribution in [0.2, 0.25) is 0 Å². The predicted octanol–water partition coefficient (Wildman–Crippen LogP) is 16.3. The molecule has 10 aromatic rings. The van der Waals surface area contributed by atoms with E-state index in [1.165, 1.54) is 83.1 Å². The van der Waals surface area contributed by atoms with E-state index in [4.69, 9.17) is 0 Å². The normalized spacial score (nSPS) is 14.0. The summed E-state index contributed by atoms with van der Waals surface area (Å²) in [6.07, 6.45) is 0. The van der Waals surface area contributed by atoms with Gasteiger partial charge in [0.05, 0.1) is 5.69 Å². The molecule has 1 unspecified atom stereocenters. The quantitative estimate of drug-likeness (QED) is 0.149. The maximum atomic E-state index is 2.47. The number of benzene rings is 10. The summed E-state index contributed by atoms with van der Waals surface area (Å²) in [5.74, 6) is 0. The average Bonchev–Trinajstić information content (AvgIpc) is 3.61. The van der Waals surface area contributed by atoms with Crippen LogP contribution in [0.1, 0.15) is 23.6 Å². The van der Waals surface area contributed by atoms with Gasteiger partial charge in [0.25, 0.3) is 0 Å². The second-order valence-corrected chi connectivity index (χ2v) is 16.3. The number of anilines is 3. The topological polar surface area (TPSA) is 3.24 Å². The van der Waals surface area contributed by atoms with E-state index in [0.717, 1.165) is 17.1 Å². The highest BCUT2D eigenvalue weighted by atomic mass is 15.1. The van der Waals surface area contributed by atoms with Crippen molar-refractivity contribution in [2.45, 2.75) is 12.3 Å². The van der Waals surface area contributed by atoms with Crippen LogP contribution in [-0.2, 0) is 5.41 Å². The average molecular weight is 778 g/mol. The minimum Gasteiger partial charge on any atom is -0.310 e. The van der Waals surface area contributed by atoms with Crippen molar-refractivity contribution in [3.05, 3.63) is 259 Å². The van der Waals surface area contributed by atoms with E-state index in [1.54, 1.807) is 0 Å². The molecule has 1 atom stereocenters. The van der Waals surface area contributed by atoms with Gasteiger partial charge in [0.2, 0.25) is 0 Å². The zero-order valence-electron chi connectivity index (χ0n) is 34.0. The first kappa shape index (κ1) is 36.3. The van der Waals surface area contributed by atoms with Crippen LogP contribution in [-0.4, -0.2) is 0 Å². The Morgan fingerprint density at radius 1 is 0.311 bits per heavy atom. The summed E-state index contributed by atoms with van der Waals surface area (Å²) in [6, 6.07) is 88.8. The summed E-state index contributed by atoms with van der Waals surface area (Å²) in [5.41, 5.74) is 19.1. The molecule has 61 heavy (non-hydrogen) atoms. The smallest absolute Gasteiger partial charge is 0.0543 e. The molecular weight excluding hydrogens is 735 g/mol. The molecule has 0 saturated carbocycles. The molecule has 0 aromatic heterocycles.